The molecular weight excluding hydrogens is 504 g/mol. The third kappa shape index (κ3) is 4.84. The Kier molecular flexibility index (Phi) is 6.84. The van der Waals surface area contributed by atoms with E-state index in [1.165, 1.54) is 0 Å². The first-order chi connectivity index (χ1) is 18.1. The Morgan fingerprint density at radius 1 is 1.08 bits per heavy atom. The van der Waals surface area contributed by atoms with Crippen LogP contribution in [-0.2, 0) is 11.2 Å². The van der Waals surface area contributed by atoms with Gasteiger partial charge in [0.15, 0.2) is 0 Å². The molecule has 0 aliphatic carbocycles. The molecule has 196 valence electrons. The highest BCUT2D eigenvalue weighted by Crippen LogP contribution is 2.33. The highest BCUT2D eigenvalue weighted by molar-refractivity contribution is 6.31. The summed E-state index contributed by atoms with van der Waals surface area (Å²) in [6, 6.07) is 14.2. The average Bonchev–Trinajstić information content (AvgIpc) is 3.21. The van der Waals surface area contributed by atoms with E-state index in [-0.39, 0.29) is 24.2 Å². The summed E-state index contributed by atoms with van der Waals surface area (Å²) in [4.78, 5) is 43.5. The predicted molar refractivity (Wildman–Crippen MR) is 152 cm³/mol. The van der Waals surface area contributed by atoms with Crippen molar-refractivity contribution in [3.8, 4) is 0 Å². The van der Waals surface area contributed by atoms with Crippen molar-refractivity contribution in [3.63, 3.8) is 0 Å². The van der Waals surface area contributed by atoms with Gasteiger partial charge in [-0.15, -0.1) is 0 Å². The van der Waals surface area contributed by atoms with Crippen LogP contribution in [0.15, 0.2) is 58.1 Å². The number of aliphatic carboxylic acids is 1. The van der Waals surface area contributed by atoms with E-state index in [9.17, 15) is 19.5 Å². The molecule has 8 nitrogen and oxygen atoms in total. The van der Waals surface area contributed by atoms with E-state index in [4.69, 9.17) is 11.6 Å². The minimum Gasteiger partial charge on any atom is -0.480 e. The molecule has 0 spiro atoms. The summed E-state index contributed by atoms with van der Waals surface area (Å²) in [7, 11) is 0. The third-order valence-electron chi connectivity index (χ3n) is 7.29. The van der Waals surface area contributed by atoms with Gasteiger partial charge in [0.1, 0.15) is 23.2 Å². The summed E-state index contributed by atoms with van der Waals surface area (Å²) in [5.41, 5.74) is 1.64. The number of rotatable bonds is 8. The maximum absolute atomic E-state index is 12.4. The average molecular weight is 533 g/mol. The van der Waals surface area contributed by atoms with Gasteiger partial charge in [-0.25, -0.2) is 9.78 Å². The lowest BCUT2D eigenvalue weighted by molar-refractivity contribution is -0.137. The molecule has 5 rings (SSSR count). The quantitative estimate of drug-likeness (QED) is 0.271. The Morgan fingerprint density at radius 3 is 2.42 bits per heavy atom. The zero-order chi connectivity index (χ0) is 27.1. The number of carboxylic acids is 1. The molecule has 4 aromatic rings. The Labute approximate surface area is 225 Å². The number of benzene rings is 2. The smallest absolute Gasteiger partial charge is 0.326 e. The van der Waals surface area contributed by atoms with Crippen molar-refractivity contribution in [2.45, 2.75) is 58.2 Å². The first-order valence-corrected chi connectivity index (χ1v) is 13.0. The van der Waals surface area contributed by atoms with E-state index >= 15 is 0 Å². The fraction of sp³-hybridized carbons (Fsp3) is 0.310. The van der Waals surface area contributed by atoms with Gasteiger partial charge in [0.05, 0.1) is 0 Å². The second-order valence-corrected chi connectivity index (χ2v) is 10.5. The first kappa shape index (κ1) is 25.7. The fourth-order valence-electron chi connectivity index (χ4n) is 5.32. The molecule has 3 unspecified atom stereocenters. The van der Waals surface area contributed by atoms with Crippen LogP contribution in [0.3, 0.4) is 0 Å². The first-order valence-electron chi connectivity index (χ1n) is 12.7. The van der Waals surface area contributed by atoms with Crippen LogP contribution in [0.1, 0.15) is 37.9 Å². The summed E-state index contributed by atoms with van der Waals surface area (Å²) < 4.78 is 0. The van der Waals surface area contributed by atoms with E-state index in [1.807, 2.05) is 74.2 Å². The molecule has 1 aliphatic rings. The van der Waals surface area contributed by atoms with Crippen LogP contribution in [0.4, 0.5) is 22.9 Å². The molecule has 1 aliphatic heterocycles. The molecule has 9 heteroatoms. The third-order valence-corrected chi connectivity index (χ3v) is 7.53. The molecule has 0 bridgehead atoms. The van der Waals surface area contributed by atoms with Crippen molar-refractivity contribution < 1.29 is 9.90 Å². The molecule has 38 heavy (non-hydrogen) atoms. The molecule has 3 atom stereocenters. The number of carboxylic acid groups (broad SMARTS) is 1. The molecule has 3 N–H and O–H groups in total. The number of anilines is 4. The topological polar surface area (TPSA) is 112 Å². The largest absolute Gasteiger partial charge is 0.480 e. The second kappa shape index (κ2) is 10.1. The number of aromatic nitrogens is 1. The molecule has 1 aromatic heterocycles. The summed E-state index contributed by atoms with van der Waals surface area (Å²) >= 11 is 6.20. The zero-order valence-electron chi connectivity index (χ0n) is 21.4. The zero-order valence-corrected chi connectivity index (χ0v) is 22.2. The Morgan fingerprint density at radius 2 is 1.76 bits per heavy atom. The predicted octanol–water partition coefficient (Wildman–Crippen LogP) is 5.02. The molecular formula is C29H29ClN4O4. The van der Waals surface area contributed by atoms with Crippen molar-refractivity contribution in [1.29, 1.82) is 0 Å². The van der Waals surface area contributed by atoms with E-state index in [0.717, 1.165) is 40.6 Å². The Bertz CT molecular complexity index is 1580. The van der Waals surface area contributed by atoms with Crippen LogP contribution in [0.25, 0.3) is 10.8 Å². The minimum absolute atomic E-state index is 0.109. The van der Waals surface area contributed by atoms with Crippen LogP contribution in [0.5, 0.6) is 0 Å². The SMILES string of the molecule is Cc1cc2ccc(Cl)cc2c(Nc2ccc(CC(Nc3c(N4C(C)CCC4C)c(=O)c3=O)C(=O)O)cc2)n1. The number of nitrogens with zero attached hydrogens (tertiary/aromatic N) is 2. The number of hydrogen-bond donors (Lipinski definition) is 3. The normalized spacial score (nSPS) is 18.2. The number of aryl methyl sites for hydroxylation is 1. The van der Waals surface area contributed by atoms with E-state index < -0.39 is 22.9 Å². The summed E-state index contributed by atoms with van der Waals surface area (Å²) in [6.07, 6.45) is 1.98. The lowest BCUT2D eigenvalue weighted by Crippen LogP contribution is -2.48. The van der Waals surface area contributed by atoms with E-state index in [1.54, 1.807) is 0 Å². The van der Waals surface area contributed by atoms with Gasteiger partial charge in [-0.3, -0.25) is 9.59 Å². The summed E-state index contributed by atoms with van der Waals surface area (Å²) in [5, 5.41) is 18.6. The maximum Gasteiger partial charge on any atom is 0.326 e. The van der Waals surface area contributed by atoms with Crippen molar-refractivity contribution in [2.75, 3.05) is 15.5 Å². The van der Waals surface area contributed by atoms with Crippen LogP contribution < -0.4 is 26.4 Å². The van der Waals surface area contributed by atoms with Crippen LogP contribution >= 0.6 is 11.6 Å². The van der Waals surface area contributed by atoms with Crippen molar-refractivity contribution in [2.24, 2.45) is 0 Å². The van der Waals surface area contributed by atoms with Gasteiger partial charge < -0.3 is 20.6 Å². The molecule has 3 aromatic carbocycles. The van der Waals surface area contributed by atoms with Gasteiger partial charge in [0, 0.05) is 40.3 Å². The number of pyridine rings is 1. The van der Waals surface area contributed by atoms with Gasteiger partial charge in [0.25, 0.3) is 10.9 Å². The Balaban J connectivity index is 1.34. The molecule has 1 fully saturated rings. The van der Waals surface area contributed by atoms with Gasteiger partial charge >= 0.3 is 5.97 Å². The summed E-state index contributed by atoms with van der Waals surface area (Å²) in [6.45, 7) is 5.95. The van der Waals surface area contributed by atoms with E-state index in [2.05, 4.69) is 15.6 Å². The molecule has 0 saturated carbocycles. The van der Waals surface area contributed by atoms with Gasteiger partial charge in [-0.05, 0) is 74.9 Å². The van der Waals surface area contributed by atoms with Gasteiger partial charge in [-0.1, -0.05) is 29.8 Å². The van der Waals surface area contributed by atoms with Crippen LogP contribution in [0, 0.1) is 6.92 Å². The van der Waals surface area contributed by atoms with Crippen molar-refractivity contribution >= 4 is 51.2 Å². The molecule has 2 heterocycles. The van der Waals surface area contributed by atoms with Crippen LogP contribution in [-0.4, -0.2) is 34.2 Å². The maximum atomic E-state index is 12.4. The fourth-order valence-corrected chi connectivity index (χ4v) is 5.49. The number of carbonyl (C=O) groups is 1. The van der Waals surface area contributed by atoms with E-state index in [0.29, 0.717) is 16.5 Å². The monoisotopic (exact) mass is 532 g/mol. The number of nitrogens with one attached hydrogen (secondary N) is 2. The standard InChI is InChI=1S/C29H29ClN4O4/c1-15-12-19-8-9-20(30)14-22(19)28(31-15)32-21-10-6-18(7-11-21)13-23(29(37)38)33-24-25(27(36)26(24)35)34-16(2)4-5-17(34)3/h6-12,14,16-17,23,33H,4-5,13H2,1-3H3,(H,31,32)(H,37,38). The molecule has 0 amide bonds. The molecule has 0 radical (unpaired) electrons. The lowest BCUT2D eigenvalue weighted by atomic mass is 10.0. The van der Waals surface area contributed by atoms with Crippen LogP contribution in [0.2, 0.25) is 5.02 Å². The highest BCUT2D eigenvalue weighted by atomic mass is 35.5. The van der Waals surface area contributed by atoms with Crippen molar-refractivity contribution in [3.05, 3.63) is 85.3 Å². The highest BCUT2D eigenvalue weighted by Gasteiger charge is 2.36. The molecule has 1 saturated heterocycles. The second-order valence-electron chi connectivity index (χ2n) is 10.1. The summed E-state index contributed by atoms with van der Waals surface area (Å²) in [5.74, 6) is -0.417. The van der Waals surface area contributed by atoms with Crippen molar-refractivity contribution in [1.82, 2.24) is 4.98 Å². The minimum atomic E-state index is -1.10. The Hall–Kier alpha value is -3.91. The number of hydrogen-bond acceptors (Lipinski definition) is 7. The van der Waals surface area contributed by atoms with Gasteiger partial charge in [-0.2, -0.15) is 0 Å². The number of halogens is 1. The lowest BCUT2D eigenvalue weighted by Gasteiger charge is -2.32. The van der Waals surface area contributed by atoms with Gasteiger partial charge in [0.2, 0.25) is 0 Å². The number of fused-ring (bicyclic) bond motifs is 1.